The molecule has 0 saturated carbocycles. The minimum atomic E-state index is 0.660. The number of halogens is 1. The first-order valence-electron chi connectivity index (χ1n) is 2.72. The van der Waals surface area contributed by atoms with Crippen LogP contribution in [0.15, 0.2) is 18.5 Å². The number of fused-ring (bicyclic) bond motifs is 1. The van der Waals surface area contributed by atoms with E-state index >= 15 is 0 Å². The molecule has 4 heteroatoms. The maximum Gasteiger partial charge on any atom is 0.143 e. The molecule has 50 valence electrons. The van der Waals surface area contributed by atoms with Crippen LogP contribution < -0.4 is 0 Å². The van der Waals surface area contributed by atoms with Gasteiger partial charge in [0.2, 0.25) is 0 Å². The van der Waals surface area contributed by atoms with Crippen molar-refractivity contribution in [2.75, 3.05) is 0 Å². The quantitative estimate of drug-likeness (QED) is 0.607. The number of rotatable bonds is 0. The normalized spacial score (nSPS) is 10.5. The second-order valence-corrected chi connectivity index (χ2v) is 3.09. The lowest BCUT2D eigenvalue weighted by Gasteiger charge is -1.85. The number of hydrogen-bond acceptors (Lipinski definition) is 3. The molecule has 0 aliphatic carbocycles. The zero-order chi connectivity index (χ0) is 6.97. The maximum absolute atomic E-state index is 5.69. The number of nitrogens with zero attached hydrogens (tertiary/aromatic N) is 2. The van der Waals surface area contributed by atoms with Crippen molar-refractivity contribution >= 4 is 33.4 Å². The van der Waals surface area contributed by atoms with Gasteiger partial charge in [0.25, 0.3) is 0 Å². The van der Waals surface area contributed by atoms with Gasteiger partial charge in [-0.15, -0.1) is 0 Å². The van der Waals surface area contributed by atoms with E-state index in [-0.39, 0.29) is 0 Å². The average Bonchev–Trinajstić information content (AvgIpc) is 2.33. The SMILES string of the molecule is Clc1cnc2sncc2c1. The van der Waals surface area contributed by atoms with Crippen LogP contribution in [0.3, 0.4) is 0 Å². The highest BCUT2D eigenvalue weighted by Gasteiger charge is 1.96. The Morgan fingerprint density at radius 1 is 1.40 bits per heavy atom. The van der Waals surface area contributed by atoms with Gasteiger partial charge in [-0.3, -0.25) is 0 Å². The van der Waals surface area contributed by atoms with E-state index in [0.717, 1.165) is 10.2 Å². The van der Waals surface area contributed by atoms with Gasteiger partial charge in [0.1, 0.15) is 4.83 Å². The summed E-state index contributed by atoms with van der Waals surface area (Å²) in [7, 11) is 0. The highest BCUT2D eigenvalue weighted by molar-refractivity contribution is 7.12. The molecule has 2 aromatic heterocycles. The summed E-state index contributed by atoms with van der Waals surface area (Å²) in [4.78, 5) is 5.00. The van der Waals surface area contributed by atoms with Gasteiger partial charge in [0, 0.05) is 11.6 Å². The van der Waals surface area contributed by atoms with E-state index in [4.69, 9.17) is 11.6 Å². The summed E-state index contributed by atoms with van der Waals surface area (Å²) in [6.07, 6.45) is 3.39. The Bertz CT molecular complexity index is 357. The van der Waals surface area contributed by atoms with E-state index < -0.39 is 0 Å². The molecule has 0 fully saturated rings. The van der Waals surface area contributed by atoms with Gasteiger partial charge in [0.15, 0.2) is 0 Å². The number of pyridine rings is 1. The smallest absolute Gasteiger partial charge is 0.143 e. The van der Waals surface area contributed by atoms with Crippen molar-refractivity contribution in [2.24, 2.45) is 0 Å². The Kier molecular flexibility index (Phi) is 1.32. The maximum atomic E-state index is 5.69. The molecule has 2 rings (SSSR count). The van der Waals surface area contributed by atoms with Gasteiger partial charge in [-0.1, -0.05) is 11.6 Å². The molecule has 10 heavy (non-hydrogen) atoms. The number of aromatic nitrogens is 2. The minimum Gasteiger partial charge on any atom is -0.242 e. The third-order valence-electron chi connectivity index (χ3n) is 1.18. The van der Waals surface area contributed by atoms with Gasteiger partial charge in [-0.05, 0) is 17.6 Å². The van der Waals surface area contributed by atoms with Crippen molar-refractivity contribution in [1.29, 1.82) is 0 Å². The Hall–Kier alpha value is -0.670. The van der Waals surface area contributed by atoms with Gasteiger partial charge in [-0.25, -0.2) is 4.98 Å². The molecule has 0 amide bonds. The molecular formula is C6H3ClN2S. The van der Waals surface area contributed by atoms with Gasteiger partial charge in [-0.2, -0.15) is 4.37 Å². The lowest BCUT2D eigenvalue weighted by atomic mass is 10.4. The largest absolute Gasteiger partial charge is 0.242 e. The lowest BCUT2D eigenvalue weighted by Crippen LogP contribution is -1.69. The summed E-state index contributed by atoms with van der Waals surface area (Å²) in [5.41, 5.74) is 0. The third-order valence-corrected chi connectivity index (χ3v) is 2.11. The summed E-state index contributed by atoms with van der Waals surface area (Å²) in [6.45, 7) is 0. The molecule has 2 nitrogen and oxygen atoms in total. The zero-order valence-electron chi connectivity index (χ0n) is 4.91. The molecule has 0 N–H and O–H groups in total. The van der Waals surface area contributed by atoms with Crippen LogP contribution in [-0.2, 0) is 0 Å². The first kappa shape index (κ1) is 6.07. The molecule has 0 aliphatic rings. The highest BCUT2D eigenvalue weighted by atomic mass is 35.5. The van der Waals surface area contributed by atoms with Crippen molar-refractivity contribution in [3.8, 4) is 0 Å². The van der Waals surface area contributed by atoms with Crippen LogP contribution in [-0.4, -0.2) is 9.36 Å². The van der Waals surface area contributed by atoms with E-state index in [1.165, 1.54) is 11.5 Å². The fraction of sp³-hybridized carbons (Fsp3) is 0. The molecule has 0 atom stereocenters. The zero-order valence-corrected chi connectivity index (χ0v) is 6.49. The Balaban J connectivity index is 2.86. The molecule has 0 unspecified atom stereocenters. The van der Waals surface area contributed by atoms with E-state index in [1.807, 2.05) is 6.07 Å². The monoisotopic (exact) mass is 170 g/mol. The van der Waals surface area contributed by atoms with Crippen LogP contribution in [0, 0.1) is 0 Å². The van der Waals surface area contributed by atoms with Crippen LogP contribution in [0.4, 0.5) is 0 Å². The summed E-state index contributed by atoms with van der Waals surface area (Å²) in [5, 5.41) is 1.67. The molecule has 0 bridgehead atoms. The fourth-order valence-corrected chi connectivity index (χ4v) is 1.49. The molecule has 0 spiro atoms. The molecule has 2 aromatic rings. The lowest BCUT2D eigenvalue weighted by molar-refractivity contribution is 1.44. The third kappa shape index (κ3) is 0.874. The van der Waals surface area contributed by atoms with Crippen LogP contribution in [0.25, 0.3) is 10.2 Å². The van der Waals surface area contributed by atoms with Crippen LogP contribution >= 0.6 is 23.1 Å². The molecule has 2 heterocycles. The van der Waals surface area contributed by atoms with Crippen molar-refractivity contribution in [3.63, 3.8) is 0 Å². The van der Waals surface area contributed by atoms with E-state index in [1.54, 1.807) is 12.4 Å². The van der Waals surface area contributed by atoms with E-state index in [9.17, 15) is 0 Å². The van der Waals surface area contributed by atoms with Crippen LogP contribution in [0.2, 0.25) is 5.02 Å². The van der Waals surface area contributed by atoms with Crippen molar-refractivity contribution in [2.45, 2.75) is 0 Å². The fourth-order valence-electron chi connectivity index (χ4n) is 0.744. The molecule has 0 radical (unpaired) electrons. The van der Waals surface area contributed by atoms with Crippen molar-refractivity contribution in [1.82, 2.24) is 9.36 Å². The van der Waals surface area contributed by atoms with E-state index in [2.05, 4.69) is 9.36 Å². The molecule has 0 aliphatic heterocycles. The average molecular weight is 171 g/mol. The summed E-state index contributed by atoms with van der Waals surface area (Å²) in [6, 6.07) is 1.85. The predicted molar refractivity (Wildman–Crippen MR) is 42.4 cm³/mol. The first-order chi connectivity index (χ1) is 4.86. The van der Waals surface area contributed by atoms with Gasteiger partial charge >= 0.3 is 0 Å². The van der Waals surface area contributed by atoms with Crippen molar-refractivity contribution < 1.29 is 0 Å². The standard InChI is InChI=1S/C6H3ClN2S/c7-5-1-4-2-9-10-6(4)8-3-5/h1-3H. The molecular weight excluding hydrogens is 168 g/mol. The van der Waals surface area contributed by atoms with Crippen LogP contribution in [0.5, 0.6) is 0 Å². The second-order valence-electron chi connectivity index (χ2n) is 1.87. The molecule has 0 saturated heterocycles. The number of hydrogen-bond donors (Lipinski definition) is 0. The topological polar surface area (TPSA) is 25.8 Å². The van der Waals surface area contributed by atoms with Gasteiger partial charge in [0.05, 0.1) is 11.2 Å². The van der Waals surface area contributed by atoms with Crippen LogP contribution in [0.1, 0.15) is 0 Å². The predicted octanol–water partition coefficient (Wildman–Crippen LogP) is 2.34. The molecule has 0 aromatic carbocycles. The summed E-state index contributed by atoms with van der Waals surface area (Å²) >= 11 is 7.07. The minimum absolute atomic E-state index is 0.660. The van der Waals surface area contributed by atoms with E-state index in [0.29, 0.717) is 5.02 Å². The summed E-state index contributed by atoms with van der Waals surface area (Å²) in [5.74, 6) is 0. The van der Waals surface area contributed by atoms with Gasteiger partial charge < -0.3 is 0 Å². The Morgan fingerprint density at radius 3 is 3.20 bits per heavy atom. The Labute approximate surface area is 66.6 Å². The second kappa shape index (κ2) is 2.18. The first-order valence-corrected chi connectivity index (χ1v) is 3.87. The van der Waals surface area contributed by atoms with Crippen molar-refractivity contribution in [3.05, 3.63) is 23.5 Å². The highest BCUT2D eigenvalue weighted by Crippen LogP contribution is 2.18. The Morgan fingerprint density at radius 2 is 2.30 bits per heavy atom. The summed E-state index contributed by atoms with van der Waals surface area (Å²) < 4.78 is 3.96.